The zero-order valence-corrected chi connectivity index (χ0v) is 13.8. The van der Waals surface area contributed by atoms with Crippen LogP contribution in [0.1, 0.15) is 19.8 Å². The highest BCUT2D eigenvalue weighted by Crippen LogP contribution is 2.29. The number of nitrogens with one attached hydrogen (secondary N) is 1. The van der Waals surface area contributed by atoms with Gasteiger partial charge < -0.3 is 20.2 Å². The fourth-order valence-electron chi connectivity index (χ4n) is 2.74. The van der Waals surface area contributed by atoms with E-state index in [1.807, 2.05) is 25.2 Å². The van der Waals surface area contributed by atoms with E-state index in [1.165, 1.54) is 0 Å². The normalized spacial score (nSPS) is 20.3. The van der Waals surface area contributed by atoms with E-state index in [4.69, 9.17) is 0 Å². The molecule has 1 saturated heterocycles. The molecule has 1 unspecified atom stereocenters. The topological polar surface area (TPSA) is 72.9 Å². The largest absolute Gasteiger partial charge is 0.481 e. The first-order chi connectivity index (χ1) is 10.9. The Morgan fingerprint density at radius 1 is 1.35 bits per heavy atom. The van der Waals surface area contributed by atoms with Gasteiger partial charge in [0, 0.05) is 38.9 Å². The smallest absolute Gasteiger partial charge is 0.317 e. The third-order valence-corrected chi connectivity index (χ3v) is 4.42. The van der Waals surface area contributed by atoms with Crippen LogP contribution in [0.2, 0.25) is 0 Å². The predicted molar refractivity (Wildman–Crippen MR) is 89.7 cm³/mol. The van der Waals surface area contributed by atoms with Crippen LogP contribution in [0.4, 0.5) is 10.5 Å². The van der Waals surface area contributed by atoms with E-state index in [-0.39, 0.29) is 12.6 Å². The van der Waals surface area contributed by atoms with Gasteiger partial charge in [-0.15, -0.1) is 0 Å². The van der Waals surface area contributed by atoms with Gasteiger partial charge in [0.2, 0.25) is 0 Å². The molecule has 2 N–H and O–H groups in total. The van der Waals surface area contributed by atoms with Crippen molar-refractivity contribution in [3.8, 4) is 0 Å². The number of benzene rings is 1. The van der Waals surface area contributed by atoms with Crippen molar-refractivity contribution in [2.24, 2.45) is 5.41 Å². The molecule has 6 heteroatoms. The van der Waals surface area contributed by atoms with E-state index in [9.17, 15) is 14.7 Å². The average Bonchev–Trinajstić information content (AvgIpc) is 2.96. The van der Waals surface area contributed by atoms with Gasteiger partial charge in [0.05, 0.1) is 5.41 Å². The lowest BCUT2D eigenvalue weighted by atomic mass is 9.90. The minimum atomic E-state index is -0.836. The quantitative estimate of drug-likeness (QED) is 0.787. The molecule has 1 aromatic rings. The van der Waals surface area contributed by atoms with Crippen LogP contribution >= 0.6 is 0 Å². The van der Waals surface area contributed by atoms with Gasteiger partial charge in [-0.2, -0.15) is 0 Å². The van der Waals surface area contributed by atoms with Gasteiger partial charge >= 0.3 is 12.0 Å². The van der Waals surface area contributed by atoms with Crippen molar-refractivity contribution >= 4 is 17.7 Å². The first-order valence-electron chi connectivity index (χ1n) is 7.95. The van der Waals surface area contributed by atoms with Crippen LogP contribution in [0, 0.1) is 5.41 Å². The van der Waals surface area contributed by atoms with Gasteiger partial charge in [0.25, 0.3) is 0 Å². The minimum Gasteiger partial charge on any atom is -0.481 e. The fraction of sp³-hybridized carbons (Fsp3) is 0.529. The molecule has 23 heavy (non-hydrogen) atoms. The monoisotopic (exact) mass is 319 g/mol. The van der Waals surface area contributed by atoms with Crippen molar-refractivity contribution in [1.29, 1.82) is 0 Å². The van der Waals surface area contributed by atoms with Crippen LogP contribution < -0.4 is 10.2 Å². The summed E-state index contributed by atoms with van der Waals surface area (Å²) in [6.45, 7) is 3.89. The predicted octanol–water partition coefficient (Wildman–Crippen LogP) is 2.02. The van der Waals surface area contributed by atoms with E-state index < -0.39 is 11.4 Å². The van der Waals surface area contributed by atoms with Crippen molar-refractivity contribution in [2.45, 2.75) is 19.8 Å². The van der Waals surface area contributed by atoms with E-state index in [2.05, 4.69) is 22.3 Å². The number of amides is 2. The molecule has 0 aromatic heterocycles. The third-order valence-electron chi connectivity index (χ3n) is 4.42. The van der Waals surface area contributed by atoms with Crippen molar-refractivity contribution < 1.29 is 14.7 Å². The number of nitrogens with zero attached hydrogens (tertiary/aromatic N) is 2. The highest BCUT2D eigenvalue weighted by molar-refractivity contribution is 5.79. The first-order valence-corrected chi connectivity index (χ1v) is 7.95. The highest BCUT2D eigenvalue weighted by Gasteiger charge is 2.42. The average molecular weight is 319 g/mol. The molecule has 1 aliphatic rings. The number of urea groups is 1. The molecule has 1 heterocycles. The number of hydrogen-bond donors (Lipinski definition) is 2. The van der Waals surface area contributed by atoms with Crippen molar-refractivity contribution in [2.75, 3.05) is 38.1 Å². The Kier molecular flexibility index (Phi) is 5.47. The number of aliphatic carboxylic acids is 1. The van der Waals surface area contributed by atoms with Crippen molar-refractivity contribution in [3.63, 3.8) is 0 Å². The maximum Gasteiger partial charge on any atom is 0.317 e. The molecular weight excluding hydrogens is 294 g/mol. The van der Waals surface area contributed by atoms with Crippen molar-refractivity contribution in [3.05, 3.63) is 30.3 Å². The summed E-state index contributed by atoms with van der Waals surface area (Å²) in [4.78, 5) is 27.0. The summed E-state index contributed by atoms with van der Waals surface area (Å²) < 4.78 is 0. The molecule has 0 saturated carbocycles. The van der Waals surface area contributed by atoms with Crippen LogP contribution in [0.15, 0.2) is 30.3 Å². The molecule has 2 amide bonds. The van der Waals surface area contributed by atoms with Crippen LogP contribution in [0.25, 0.3) is 0 Å². The van der Waals surface area contributed by atoms with Gasteiger partial charge in [0.1, 0.15) is 0 Å². The Morgan fingerprint density at radius 2 is 2.04 bits per heavy atom. The summed E-state index contributed by atoms with van der Waals surface area (Å²) in [5, 5.41) is 12.1. The maximum absolute atomic E-state index is 12.1. The fourth-order valence-corrected chi connectivity index (χ4v) is 2.74. The number of rotatable bonds is 6. The van der Waals surface area contributed by atoms with Gasteiger partial charge in [0.15, 0.2) is 0 Å². The third kappa shape index (κ3) is 4.37. The molecule has 2 rings (SSSR count). The standard InChI is InChI=1S/C17H25N3O3/c1-17(15(21)22)9-12-20(13-17)16(23)18-10-6-11-19(2)14-7-4-3-5-8-14/h3-5,7-8H,6,9-13H2,1-2H3,(H,18,23)(H,21,22). The molecule has 1 fully saturated rings. The summed E-state index contributed by atoms with van der Waals surface area (Å²) in [6, 6.07) is 9.92. The molecule has 126 valence electrons. The maximum atomic E-state index is 12.1. The first kappa shape index (κ1) is 17.1. The van der Waals surface area contributed by atoms with Crippen molar-refractivity contribution in [1.82, 2.24) is 10.2 Å². The van der Waals surface area contributed by atoms with Gasteiger partial charge in [-0.1, -0.05) is 18.2 Å². The Labute approximate surface area is 137 Å². The molecular formula is C17H25N3O3. The van der Waals surface area contributed by atoms with E-state index >= 15 is 0 Å². The molecule has 0 spiro atoms. The lowest BCUT2D eigenvalue weighted by molar-refractivity contribution is -0.146. The second-order valence-corrected chi connectivity index (χ2v) is 6.38. The molecule has 0 radical (unpaired) electrons. The number of hydrogen-bond acceptors (Lipinski definition) is 3. The molecule has 1 aliphatic heterocycles. The lowest BCUT2D eigenvalue weighted by Crippen LogP contribution is -2.41. The highest BCUT2D eigenvalue weighted by atomic mass is 16.4. The number of carboxylic acid groups (broad SMARTS) is 1. The molecule has 0 aliphatic carbocycles. The summed E-state index contributed by atoms with van der Waals surface area (Å²) in [6.07, 6.45) is 1.34. The molecule has 6 nitrogen and oxygen atoms in total. The van der Waals surface area contributed by atoms with E-state index in [0.29, 0.717) is 19.5 Å². The number of carbonyl (C=O) groups excluding carboxylic acids is 1. The second kappa shape index (κ2) is 7.35. The van der Waals surface area contributed by atoms with E-state index in [1.54, 1.807) is 11.8 Å². The van der Waals surface area contributed by atoms with Gasteiger partial charge in [-0.3, -0.25) is 4.79 Å². The number of likely N-dealkylation sites (tertiary alicyclic amines) is 1. The van der Waals surface area contributed by atoms with Gasteiger partial charge in [-0.05, 0) is 31.9 Å². The number of carbonyl (C=O) groups is 2. The Balaban J connectivity index is 1.69. The summed E-state index contributed by atoms with van der Waals surface area (Å²) in [5.74, 6) is -0.836. The lowest BCUT2D eigenvalue weighted by Gasteiger charge is -2.22. The summed E-state index contributed by atoms with van der Waals surface area (Å²) in [7, 11) is 2.02. The van der Waals surface area contributed by atoms with Crippen LogP contribution in [-0.4, -0.2) is 55.2 Å². The van der Waals surface area contributed by atoms with Crippen LogP contribution in [-0.2, 0) is 4.79 Å². The number of carboxylic acids is 1. The Hall–Kier alpha value is -2.24. The minimum absolute atomic E-state index is 0.169. The molecule has 0 bridgehead atoms. The number of anilines is 1. The molecule has 1 atom stereocenters. The Bertz CT molecular complexity index is 549. The SMILES string of the molecule is CN(CCCNC(=O)N1CCC(C)(C(=O)O)C1)c1ccccc1. The van der Waals surface area contributed by atoms with Crippen LogP contribution in [0.3, 0.4) is 0 Å². The second-order valence-electron chi connectivity index (χ2n) is 6.38. The van der Waals surface area contributed by atoms with E-state index in [0.717, 1.165) is 18.7 Å². The van der Waals surface area contributed by atoms with Crippen LogP contribution in [0.5, 0.6) is 0 Å². The van der Waals surface area contributed by atoms with Gasteiger partial charge in [-0.25, -0.2) is 4.79 Å². The Morgan fingerprint density at radius 3 is 2.65 bits per heavy atom. The zero-order chi connectivity index (χ0) is 16.9. The zero-order valence-electron chi connectivity index (χ0n) is 13.8. The molecule has 1 aromatic carbocycles. The summed E-state index contributed by atoms with van der Waals surface area (Å²) in [5.41, 5.74) is 0.334. The number of para-hydroxylation sites is 1. The summed E-state index contributed by atoms with van der Waals surface area (Å²) >= 11 is 0.